The quantitative estimate of drug-likeness (QED) is 0.768. The summed E-state index contributed by atoms with van der Waals surface area (Å²) in [5.74, 6) is 0.863. The van der Waals surface area contributed by atoms with E-state index in [0.717, 1.165) is 17.9 Å². The molecule has 1 nitrogen and oxygen atoms in total. The van der Waals surface area contributed by atoms with Crippen LogP contribution in [0, 0.1) is 12.8 Å². The zero-order valence-corrected chi connectivity index (χ0v) is 12.9. The standard InChI is InChI=1S/C16H24O.C2H6/c1-13-7-5-6-10-15(13)16(17)12-11-14-8-3-2-4-9-14;1-2/h5-7,10,14,16-17H,2-4,8-9,11-12H2,1H3;1-2H3. The largest absolute Gasteiger partial charge is 0.388 e. The van der Waals surface area contributed by atoms with Crippen LogP contribution in [-0.2, 0) is 0 Å². The highest BCUT2D eigenvalue weighted by Crippen LogP contribution is 2.30. The number of hydrogen-bond acceptors (Lipinski definition) is 1. The molecule has 108 valence electrons. The first-order chi connectivity index (χ1) is 9.27. The van der Waals surface area contributed by atoms with Crippen LogP contribution in [0.2, 0.25) is 0 Å². The Morgan fingerprint density at radius 1 is 1.11 bits per heavy atom. The van der Waals surface area contributed by atoms with Gasteiger partial charge in [-0.1, -0.05) is 70.2 Å². The molecule has 2 rings (SSSR count). The zero-order valence-electron chi connectivity index (χ0n) is 12.9. The van der Waals surface area contributed by atoms with E-state index in [-0.39, 0.29) is 6.10 Å². The van der Waals surface area contributed by atoms with Crippen LogP contribution in [0.4, 0.5) is 0 Å². The van der Waals surface area contributed by atoms with Crippen molar-refractivity contribution in [3.63, 3.8) is 0 Å². The van der Waals surface area contributed by atoms with Crippen molar-refractivity contribution in [2.45, 2.75) is 71.8 Å². The van der Waals surface area contributed by atoms with Crippen molar-refractivity contribution in [1.29, 1.82) is 0 Å². The first-order valence-corrected chi connectivity index (χ1v) is 8.01. The minimum atomic E-state index is -0.266. The lowest BCUT2D eigenvalue weighted by Crippen LogP contribution is -2.09. The van der Waals surface area contributed by atoms with Crippen molar-refractivity contribution in [3.8, 4) is 0 Å². The molecule has 1 aliphatic rings. The van der Waals surface area contributed by atoms with Gasteiger partial charge in [-0.05, 0) is 36.8 Å². The Balaban J connectivity index is 0.000000861. The summed E-state index contributed by atoms with van der Waals surface area (Å²) >= 11 is 0. The van der Waals surface area contributed by atoms with Crippen molar-refractivity contribution in [1.82, 2.24) is 0 Å². The van der Waals surface area contributed by atoms with Crippen molar-refractivity contribution < 1.29 is 5.11 Å². The average molecular weight is 262 g/mol. The topological polar surface area (TPSA) is 20.2 Å². The fourth-order valence-electron chi connectivity index (χ4n) is 2.99. The highest BCUT2D eigenvalue weighted by molar-refractivity contribution is 5.27. The summed E-state index contributed by atoms with van der Waals surface area (Å²) < 4.78 is 0. The van der Waals surface area contributed by atoms with Crippen LogP contribution in [0.3, 0.4) is 0 Å². The maximum Gasteiger partial charge on any atom is 0.0792 e. The molecule has 0 aromatic heterocycles. The van der Waals surface area contributed by atoms with Crippen LogP contribution in [0.5, 0.6) is 0 Å². The molecule has 1 atom stereocenters. The Kier molecular flexibility index (Phi) is 7.81. The number of rotatable bonds is 4. The lowest BCUT2D eigenvalue weighted by atomic mass is 9.84. The van der Waals surface area contributed by atoms with E-state index in [0.29, 0.717) is 0 Å². The number of benzene rings is 1. The van der Waals surface area contributed by atoms with Gasteiger partial charge in [0, 0.05) is 0 Å². The normalized spacial score (nSPS) is 17.5. The first kappa shape index (κ1) is 16.2. The maximum atomic E-state index is 10.2. The van der Waals surface area contributed by atoms with Gasteiger partial charge in [-0.3, -0.25) is 0 Å². The van der Waals surface area contributed by atoms with Crippen LogP contribution in [-0.4, -0.2) is 5.11 Å². The highest BCUT2D eigenvalue weighted by Gasteiger charge is 2.16. The van der Waals surface area contributed by atoms with E-state index in [9.17, 15) is 5.11 Å². The molecule has 1 unspecified atom stereocenters. The molecule has 0 heterocycles. The van der Waals surface area contributed by atoms with E-state index in [4.69, 9.17) is 0 Å². The van der Waals surface area contributed by atoms with E-state index in [1.165, 1.54) is 44.1 Å². The van der Waals surface area contributed by atoms with Gasteiger partial charge in [0.25, 0.3) is 0 Å². The Hall–Kier alpha value is -0.820. The van der Waals surface area contributed by atoms with E-state index >= 15 is 0 Å². The number of aryl methyl sites for hydroxylation is 1. The molecule has 0 bridgehead atoms. The summed E-state index contributed by atoms with van der Waals surface area (Å²) in [5, 5.41) is 10.2. The molecule has 1 N–H and O–H groups in total. The predicted octanol–water partition coefficient (Wildman–Crippen LogP) is 5.42. The Labute approximate surface area is 119 Å². The van der Waals surface area contributed by atoms with E-state index in [2.05, 4.69) is 19.1 Å². The second-order valence-corrected chi connectivity index (χ2v) is 5.45. The number of aliphatic hydroxyl groups is 1. The minimum Gasteiger partial charge on any atom is -0.388 e. The van der Waals surface area contributed by atoms with Crippen LogP contribution in [0.1, 0.15) is 76.0 Å². The van der Waals surface area contributed by atoms with Gasteiger partial charge in [0.1, 0.15) is 0 Å². The molecule has 0 aliphatic heterocycles. The van der Waals surface area contributed by atoms with Gasteiger partial charge < -0.3 is 5.11 Å². The van der Waals surface area contributed by atoms with Gasteiger partial charge in [-0.2, -0.15) is 0 Å². The molecule has 0 radical (unpaired) electrons. The monoisotopic (exact) mass is 262 g/mol. The third kappa shape index (κ3) is 5.36. The summed E-state index contributed by atoms with van der Waals surface area (Å²) in [4.78, 5) is 0. The van der Waals surface area contributed by atoms with Gasteiger partial charge in [-0.25, -0.2) is 0 Å². The molecule has 1 aromatic rings. The lowest BCUT2D eigenvalue weighted by molar-refractivity contribution is 0.150. The Morgan fingerprint density at radius 2 is 1.74 bits per heavy atom. The SMILES string of the molecule is CC.Cc1ccccc1C(O)CCC1CCCCC1. The number of hydrogen-bond donors (Lipinski definition) is 1. The molecule has 1 saturated carbocycles. The summed E-state index contributed by atoms with van der Waals surface area (Å²) in [6.07, 6.45) is 8.80. The van der Waals surface area contributed by atoms with Gasteiger partial charge in [0.15, 0.2) is 0 Å². The number of aliphatic hydroxyl groups excluding tert-OH is 1. The van der Waals surface area contributed by atoms with Gasteiger partial charge in [0.2, 0.25) is 0 Å². The molecule has 0 amide bonds. The van der Waals surface area contributed by atoms with E-state index in [1.54, 1.807) is 0 Å². The fraction of sp³-hybridized carbons (Fsp3) is 0.667. The zero-order chi connectivity index (χ0) is 14.1. The summed E-state index contributed by atoms with van der Waals surface area (Å²) in [7, 11) is 0. The van der Waals surface area contributed by atoms with Crippen molar-refractivity contribution >= 4 is 0 Å². The second-order valence-electron chi connectivity index (χ2n) is 5.45. The minimum absolute atomic E-state index is 0.266. The van der Waals surface area contributed by atoms with E-state index in [1.807, 2.05) is 26.0 Å². The molecular formula is C18H30O. The van der Waals surface area contributed by atoms with Crippen LogP contribution in [0.25, 0.3) is 0 Å². The lowest BCUT2D eigenvalue weighted by Gasteiger charge is -2.23. The summed E-state index contributed by atoms with van der Waals surface area (Å²) in [6, 6.07) is 8.19. The second kappa shape index (κ2) is 9.14. The molecule has 19 heavy (non-hydrogen) atoms. The molecular weight excluding hydrogens is 232 g/mol. The molecule has 0 saturated heterocycles. The molecule has 1 heteroatoms. The van der Waals surface area contributed by atoms with Gasteiger partial charge in [-0.15, -0.1) is 0 Å². The Morgan fingerprint density at radius 3 is 2.37 bits per heavy atom. The van der Waals surface area contributed by atoms with Crippen LogP contribution in [0.15, 0.2) is 24.3 Å². The maximum absolute atomic E-state index is 10.2. The summed E-state index contributed by atoms with van der Waals surface area (Å²) in [6.45, 7) is 6.08. The third-order valence-electron chi connectivity index (χ3n) is 4.12. The average Bonchev–Trinajstić information content (AvgIpc) is 2.48. The Bertz CT molecular complexity index is 339. The molecule has 1 aromatic carbocycles. The molecule has 1 aliphatic carbocycles. The smallest absolute Gasteiger partial charge is 0.0792 e. The van der Waals surface area contributed by atoms with Crippen molar-refractivity contribution in [2.24, 2.45) is 5.92 Å². The highest BCUT2D eigenvalue weighted by atomic mass is 16.3. The molecule has 1 fully saturated rings. The molecule has 0 spiro atoms. The van der Waals surface area contributed by atoms with Crippen molar-refractivity contribution in [2.75, 3.05) is 0 Å². The fourth-order valence-corrected chi connectivity index (χ4v) is 2.99. The predicted molar refractivity (Wildman–Crippen MR) is 83.3 cm³/mol. The third-order valence-corrected chi connectivity index (χ3v) is 4.12. The summed E-state index contributed by atoms with van der Waals surface area (Å²) in [5.41, 5.74) is 2.33. The van der Waals surface area contributed by atoms with Gasteiger partial charge in [0.05, 0.1) is 6.10 Å². The van der Waals surface area contributed by atoms with Crippen LogP contribution < -0.4 is 0 Å². The van der Waals surface area contributed by atoms with Crippen LogP contribution >= 0.6 is 0 Å². The van der Waals surface area contributed by atoms with E-state index < -0.39 is 0 Å². The first-order valence-electron chi connectivity index (χ1n) is 8.01. The van der Waals surface area contributed by atoms with Crippen molar-refractivity contribution in [3.05, 3.63) is 35.4 Å². The van der Waals surface area contributed by atoms with Gasteiger partial charge >= 0.3 is 0 Å².